The quantitative estimate of drug-likeness (QED) is 0.774. The van der Waals surface area contributed by atoms with Crippen LogP contribution < -0.4 is 11.1 Å². The molecule has 0 spiro atoms. The first kappa shape index (κ1) is 14.5. The maximum Gasteiger partial charge on any atom is 0.224 e. The first-order chi connectivity index (χ1) is 8.02. The molecule has 3 nitrogen and oxygen atoms in total. The molecule has 1 rings (SSSR count). The van der Waals surface area contributed by atoms with Crippen LogP contribution in [0.3, 0.4) is 0 Å². The fourth-order valence-electron chi connectivity index (χ4n) is 2.89. The van der Waals surface area contributed by atoms with E-state index in [4.69, 9.17) is 5.73 Å². The SMILES string of the molecule is CC1CCCC(CC(CN)C(=O)NC(C)C)C1. The second-order valence-electron chi connectivity index (χ2n) is 5.97. The lowest BCUT2D eigenvalue weighted by Gasteiger charge is -2.29. The van der Waals surface area contributed by atoms with Crippen LogP contribution in [-0.4, -0.2) is 18.5 Å². The second-order valence-corrected chi connectivity index (χ2v) is 5.97. The smallest absolute Gasteiger partial charge is 0.224 e. The van der Waals surface area contributed by atoms with Gasteiger partial charge in [-0.2, -0.15) is 0 Å². The van der Waals surface area contributed by atoms with Crippen molar-refractivity contribution >= 4 is 5.91 Å². The third kappa shape index (κ3) is 5.07. The van der Waals surface area contributed by atoms with E-state index in [1.165, 1.54) is 25.7 Å². The number of nitrogens with two attached hydrogens (primary N) is 1. The maximum atomic E-state index is 11.9. The third-order valence-electron chi connectivity index (χ3n) is 3.75. The molecule has 0 aromatic heterocycles. The van der Waals surface area contributed by atoms with Crippen molar-refractivity contribution in [3.05, 3.63) is 0 Å². The van der Waals surface area contributed by atoms with Gasteiger partial charge in [0, 0.05) is 12.6 Å². The number of carbonyl (C=O) groups excluding carboxylic acids is 1. The van der Waals surface area contributed by atoms with E-state index in [1.54, 1.807) is 0 Å². The summed E-state index contributed by atoms with van der Waals surface area (Å²) in [6, 6.07) is 0.210. The van der Waals surface area contributed by atoms with Crippen molar-refractivity contribution in [2.45, 2.75) is 58.9 Å². The van der Waals surface area contributed by atoms with Crippen molar-refractivity contribution in [3.8, 4) is 0 Å². The Hall–Kier alpha value is -0.570. The average molecular weight is 240 g/mol. The van der Waals surface area contributed by atoms with Crippen molar-refractivity contribution < 1.29 is 4.79 Å². The van der Waals surface area contributed by atoms with Crippen molar-refractivity contribution in [1.29, 1.82) is 0 Å². The largest absolute Gasteiger partial charge is 0.354 e. The number of carbonyl (C=O) groups is 1. The van der Waals surface area contributed by atoms with Gasteiger partial charge in [0.05, 0.1) is 5.92 Å². The van der Waals surface area contributed by atoms with Crippen LogP contribution in [0.25, 0.3) is 0 Å². The van der Waals surface area contributed by atoms with Gasteiger partial charge in [0.25, 0.3) is 0 Å². The van der Waals surface area contributed by atoms with Crippen LogP contribution in [0.5, 0.6) is 0 Å². The summed E-state index contributed by atoms with van der Waals surface area (Å²) in [7, 11) is 0. The maximum absolute atomic E-state index is 11.9. The minimum atomic E-state index is 0.00713. The highest BCUT2D eigenvalue weighted by Crippen LogP contribution is 2.32. The molecule has 1 saturated carbocycles. The molecule has 0 aliphatic heterocycles. The molecular formula is C14H28N2O. The molecule has 1 fully saturated rings. The molecule has 17 heavy (non-hydrogen) atoms. The topological polar surface area (TPSA) is 55.1 Å². The Labute approximate surface area is 106 Å². The zero-order chi connectivity index (χ0) is 12.8. The molecule has 0 aromatic rings. The van der Waals surface area contributed by atoms with Gasteiger partial charge < -0.3 is 11.1 Å². The second kappa shape index (κ2) is 7.00. The van der Waals surface area contributed by atoms with Crippen molar-refractivity contribution in [2.24, 2.45) is 23.5 Å². The molecule has 0 aromatic carbocycles. The van der Waals surface area contributed by atoms with E-state index in [9.17, 15) is 4.79 Å². The molecule has 0 radical (unpaired) electrons. The van der Waals surface area contributed by atoms with Gasteiger partial charge in [0.15, 0.2) is 0 Å². The number of nitrogens with one attached hydrogen (secondary N) is 1. The van der Waals surface area contributed by atoms with Crippen LogP contribution in [0.4, 0.5) is 0 Å². The zero-order valence-electron chi connectivity index (χ0n) is 11.5. The standard InChI is InChI=1S/C14H28N2O/c1-10(2)16-14(17)13(9-15)8-12-6-4-5-11(3)7-12/h10-13H,4-9,15H2,1-3H3,(H,16,17). The van der Waals surface area contributed by atoms with Crippen LogP contribution in [-0.2, 0) is 4.79 Å². The highest BCUT2D eigenvalue weighted by molar-refractivity contribution is 5.79. The van der Waals surface area contributed by atoms with Gasteiger partial charge in [-0.3, -0.25) is 4.79 Å². The van der Waals surface area contributed by atoms with Gasteiger partial charge in [-0.25, -0.2) is 0 Å². The molecule has 0 bridgehead atoms. The molecule has 3 atom stereocenters. The number of hydrogen-bond acceptors (Lipinski definition) is 2. The van der Waals surface area contributed by atoms with Crippen LogP contribution in [0, 0.1) is 17.8 Å². The molecule has 1 amide bonds. The van der Waals surface area contributed by atoms with Gasteiger partial charge in [-0.15, -0.1) is 0 Å². The first-order valence-electron chi connectivity index (χ1n) is 7.03. The lowest BCUT2D eigenvalue weighted by atomic mass is 9.78. The average Bonchev–Trinajstić information content (AvgIpc) is 2.24. The molecule has 1 aliphatic carbocycles. The minimum absolute atomic E-state index is 0.00713. The van der Waals surface area contributed by atoms with Gasteiger partial charge in [-0.1, -0.05) is 26.2 Å². The highest BCUT2D eigenvalue weighted by Gasteiger charge is 2.25. The summed E-state index contributed by atoms with van der Waals surface area (Å²) in [5.41, 5.74) is 5.74. The molecular weight excluding hydrogens is 212 g/mol. The minimum Gasteiger partial charge on any atom is -0.354 e. The Bertz CT molecular complexity index is 240. The fraction of sp³-hybridized carbons (Fsp3) is 0.929. The predicted octanol–water partition coefficient (Wildman–Crippen LogP) is 2.30. The van der Waals surface area contributed by atoms with Crippen LogP contribution in [0.15, 0.2) is 0 Å². The van der Waals surface area contributed by atoms with E-state index >= 15 is 0 Å². The van der Waals surface area contributed by atoms with Gasteiger partial charge in [0.1, 0.15) is 0 Å². The Morgan fingerprint density at radius 2 is 2.12 bits per heavy atom. The van der Waals surface area contributed by atoms with Crippen molar-refractivity contribution in [2.75, 3.05) is 6.54 Å². The molecule has 0 heterocycles. The van der Waals surface area contributed by atoms with E-state index in [0.29, 0.717) is 12.5 Å². The Balaban J connectivity index is 2.42. The molecule has 0 saturated heterocycles. The summed E-state index contributed by atoms with van der Waals surface area (Å²) in [5.74, 6) is 1.67. The van der Waals surface area contributed by atoms with E-state index in [-0.39, 0.29) is 17.9 Å². The zero-order valence-corrected chi connectivity index (χ0v) is 11.5. The number of amides is 1. The third-order valence-corrected chi connectivity index (χ3v) is 3.75. The Morgan fingerprint density at radius 3 is 2.65 bits per heavy atom. The summed E-state index contributed by atoms with van der Waals surface area (Å²) in [6.07, 6.45) is 6.18. The molecule has 3 unspecified atom stereocenters. The van der Waals surface area contributed by atoms with Gasteiger partial charge >= 0.3 is 0 Å². The van der Waals surface area contributed by atoms with Crippen molar-refractivity contribution in [1.82, 2.24) is 5.32 Å². The Morgan fingerprint density at radius 1 is 1.41 bits per heavy atom. The summed E-state index contributed by atoms with van der Waals surface area (Å²) in [6.45, 7) is 6.78. The number of hydrogen-bond donors (Lipinski definition) is 2. The fourth-order valence-corrected chi connectivity index (χ4v) is 2.89. The van der Waals surface area contributed by atoms with E-state index in [2.05, 4.69) is 12.2 Å². The van der Waals surface area contributed by atoms with E-state index in [0.717, 1.165) is 12.3 Å². The Kier molecular flexibility index (Phi) is 5.96. The number of rotatable bonds is 5. The predicted molar refractivity (Wildman–Crippen MR) is 71.6 cm³/mol. The highest BCUT2D eigenvalue weighted by atomic mass is 16.1. The molecule has 3 heteroatoms. The lowest BCUT2D eigenvalue weighted by molar-refractivity contribution is -0.125. The van der Waals surface area contributed by atoms with Crippen LogP contribution >= 0.6 is 0 Å². The molecule has 3 N–H and O–H groups in total. The lowest BCUT2D eigenvalue weighted by Crippen LogP contribution is -2.39. The molecule has 100 valence electrons. The van der Waals surface area contributed by atoms with E-state index < -0.39 is 0 Å². The normalized spacial score (nSPS) is 26.9. The van der Waals surface area contributed by atoms with E-state index in [1.807, 2.05) is 13.8 Å². The summed E-state index contributed by atoms with van der Waals surface area (Å²) < 4.78 is 0. The summed E-state index contributed by atoms with van der Waals surface area (Å²) in [4.78, 5) is 11.9. The molecule has 1 aliphatic rings. The monoisotopic (exact) mass is 240 g/mol. The van der Waals surface area contributed by atoms with Crippen LogP contribution in [0.2, 0.25) is 0 Å². The van der Waals surface area contributed by atoms with Crippen LogP contribution in [0.1, 0.15) is 52.9 Å². The summed E-state index contributed by atoms with van der Waals surface area (Å²) >= 11 is 0. The van der Waals surface area contributed by atoms with Gasteiger partial charge in [-0.05, 0) is 38.5 Å². The first-order valence-corrected chi connectivity index (χ1v) is 7.03. The van der Waals surface area contributed by atoms with Crippen molar-refractivity contribution in [3.63, 3.8) is 0 Å². The summed E-state index contributed by atoms with van der Waals surface area (Å²) in [5, 5.41) is 2.98. The van der Waals surface area contributed by atoms with Gasteiger partial charge in [0.2, 0.25) is 5.91 Å².